The first-order valence-electron chi connectivity index (χ1n) is 5.17. The van der Waals surface area contributed by atoms with E-state index in [0.717, 1.165) is 11.0 Å². The van der Waals surface area contributed by atoms with Crippen LogP contribution in [0.4, 0.5) is 4.39 Å². The summed E-state index contributed by atoms with van der Waals surface area (Å²) in [4.78, 5) is 6.96. The van der Waals surface area contributed by atoms with Crippen molar-refractivity contribution in [3.63, 3.8) is 0 Å². The lowest BCUT2D eigenvalue weighted by atomic mass is 10.3. The van der Waals surface area contributed by atoms with Gasteiger partial charge in [0, 0.05) is 6.20 Å². The van der Waals surface area contributed by atoms with Crippen molar-refractivity contribution in [2.75, 3.05) is 0 Å². The van der Waals surface area contributed by atoms with Gasteiger partial charge in [-0.1, -0.05) is 17.7 Å². The molecule has 3 aromatic rings. The molecule has 0 bridgehead atoms. The number of imidazole rings is 1. The van der Waals surface area contributed by atoms with Gasteiger partial charge in [0.15, 0.2) is 4.77 Å². The molecule has 0 spiro atoms. The number of benzene rings is 1. The van der Waals surface area contributed by atoms with Crippen LogP contribution in [0.15, 0.2) is 36.7 Å². The zero-order valence-electron chi connectivity index (χ0n) is 9.02. The van der Waals surface area contributed by atoms with Crippen molar-refractivity contribution in [3.8, 4) is 5.69 Å². The number of rotatable bonds is 1. The highest BCUT2D eigenvalue weighted by Crippen LogP contribution is 2.27. The Hall–Kier alpha value is -1.72. The van der Waals surface area contributed by atoms with Gasteiger partial charge in [-0.2, -0.15) is 0 Å². The summed E-state index contributed by atoms with van der Waals surface area (Å²) in [6, 6.07) is 6.29. The first kappa shape index (κ1) is 11.4. The van der Waals surface area contributed by atoms with Crippen molar-refractivity contribution in [1.82, 2.24) is 14.5 Å². The van der Waals surface area contributed by atoms with Crippen LogP contribution < -0.4 is 0 Å². The molecule has 0 aliphatic heterocycles. The summed E-state index contributed by atoms with van der Waals surface area (Å²) in [5, 5.41) is 0.309. The SMILES string of the molecule is Fc1cccc(Cl)c1-n1c(=S)[nH]c2cnccc21. The average Bonchev–Trinajstić information content (AvgIpc) is 2.66. The maximum Gasteiger partial charge on any atom is 0.182 e. The van der Waals surface area contributed by atoms with Gasteiger partial charge in [0.1, 0.15) is 11.5 Å². The second kappa shape index (κ2) is 4.19. The third-order valence-electron chi connectivity index (χ3n) is 2.64. The fourth-order valence-corrected chi connectivity index (χ4v) is 2.43. The number of nitrogens with zero attached hydrogens (tertiary/aromatic N) is 2. The molecule has 2 heterocycles. The molecular weight excluding hydrogens is 273 g/mol. The Bertz CT molecular complexity index is 773. The van der Waals surface area contributed by atoms with E-state index in [9.17, 15) is 4.39 Å². The van der Waals surface area contributed by atoms with Crippen LogP contribution in [0, 0.1) is 10.6 Å². The number of pyridine rings is 1. The van der Waals surface area contributed by atoms with E-state index in [2.05, 4.69) is 9.97 Å². The summed E-state index contributed by atoms with van der Waals surface area (Å²) < 4.78 is 15.9. The number of hydrogen-bond acceptors (Lipinski definition) is 2. The largest absolute Gasteiger partial charge is 0.329 e. The van der Waals surface area contributed by atoms with Gasteiger partial charge in [-0.25, -0.2) is 4.39 Å². The minimum absolute atomic E-state index is 0.251. The number of fused-ring (bicyclic) bond motifs is 1. The molecule has 0 atom stereocenters. The van der Waals surface area contributed by atoms with E-state index < -0.39 is 5.82 Å². The normalized spacial score (nSPS) is 11.0. The van der Waals surface area contributed by atoms with E-state index in [4.69, 9.17) is 23.8 Å². The fraction of sp³-hybridized carbons (Fsp3) is 0. The first-order valence-corrected chi connectivity index (χ1v) is 5.96. The molecule has 18 heavy (non-hydrogen) atoms. The van der Waals surface area contributed by atoms with Crippen LogP contribution in [0.1, 0.15) is 0 Å². The fourth-order valence-electron chi connectivity index (χ4n) is 1.88. The van der Waals surface area contributed by atoms with Crippen molar-refractivity contribution in [1.29, 1.82) is 0 Å². The number of H-pyrrole nitrogens is 1. The highest BCUT2D eigenvalue weighted by molar-refractivity contribution is 7.71. The molecular formula is C12H7ClFN3S. The number of aromatic amines is 1. The molecule has 0 saturated carbocycles. The number of aromatic nitrogens is 3. The van der Waals surface area contributed by atoms with Crippen LogP contribution in [-0.4, -0.2) is 14.5 Å². The van der Waals surface area contributed by atoms with Gasteiger partial charge in [-0.3, -0.25) is 9.55 Å². The Morgan fingerprint density at radius 2 is 2.17 bits per heavy atom. The molecule has 0 saturated heterocycles. The molecule has 1 aromatic carbocycles. The molecule has 0 radical (unpaired) electrons. The van der Waals surface area contributed by atoms with E-state index >= 15 is 0 Å². The number of hydrogen-bond donors (Lipinski definition) is 1. The summed E-state index contributed by atoms with van der Waals surface area (Å²) in [5.41, 5.74) is 1.73. The Kier molecular flexibility index (Phi) is 2.65. The van der Waals surface area contributed by atoms with Crippen LogP contribution in [-0.2, 0) is 0 Å². The van der Waals surface area contributed by atoms with E-state index in [0.29, 0.717) is 9.79 Å². The maximum absolute atomic E-state index is 13.9. The van der Waals surface area contributed by atoms with Crippen molar-refractivity contribution in [3.05, 3.63) is 52.3 Å². The van der Waals surface area contributed by atoms with E-state index in [1.807, 2.05) is 0 Å². The Morgan fingerprint density at radius 1 is 1.33 bits per heavy atom. The van der Waals surface area contributed by atoms with Crippen LogP contribution in [0.5, 0.6) is 0 Å². The minimum Gasteiger partial charge on any atom is -0.329 e. The zero-order valence-corrected chi connectivity index (χ0v) is 10.6. The zero-order chi connectivity index (χ0) is 12.7. The molecule has 1 N–H and O–H groups in total. The van der Waals surface area contributed by atoms with E-state index in [-0.39, 0.29) is 5.69 Å². The molecule has 0 unspecified atom stereocenters. The van der Waals surface area contributed by atoms with Gasteiger partial charge in [0.05, 0.1) is 22.3 Å². The lowest BCUT2D eigenvalue weighted by Crippen LogP contribution is -1.98. The Morgan fingerprint density at radius 3 is 2.94 bits per heavy atom. The molecule has 3 nitrogen and oxygen atoms in total. The molecule has 90 valence electrons. The van der Waals surface area contributed by atoms with Gasteiger partial charge < -0.3 is 4.98 Å². The minimum atomic E-state index is -0.420. The third-order valence-corrected chi connectivity index (χ3v) is 3.23. The summed E-state index contributed by atoms with van der Waals surface area (Å²) in [7, 11) is 0. The maximum atomic E-state index is 13.9. The van der Waals surface area contributed by atoms with Crippen LogP contribution >= 0.6 is 23.8 Å². The van der Waals surface area contributed by atoms with E-state index in [1.54, 1.807) is 35.2 Å². The molecule has 0 fully saturated rings. The molecule has 2 aromatic heterocycles. The average molecular weight is 280 g/mol. The standard InChI is InChI=1S/C12H7ClFN3S/c13-7-2-1-3-8(14)11(7)17-10-4-5-15-6-9(10)16-12(17)18/h1-6H,(H,16,18). The highest BCUT2D eigenvalue weighted by atomic mass is 35.5. The first-order chi connectivity index (χ1) is 8.68. The second-order valence-corrected chi connectivity index (χ2v) is 4.52. The third kappa shape index (κ3) is 1.63. The Balaban J connectivity index is 2.46. The van der Waals surface area contributed by atoms with Gasteiger partial charge >= 0.3 is 0 Å². The van der Waals surface area contributed by atoms with Crippen molar-refractivity contribution >= 4 is 34.9 Å². The van der Waals surface area contributed by atoms with Crippen molar-refractivity contribution < 1.29 is 4.39 Å². The second-order valence-electron chi connectivity index (χ2n) is 3.73. The van der Waals surface area contributed by atoms with Gasteiger partial charge in [0.25, 0.3) is 0 Å². The highest BCUT2D eigenvalue weighted by Gasteiger charge is 2.13. The molecule has 0 aliphatic carbocycles. The summed E-state index contributed by atoms with van der Waals surface area (Å²) in [5.74, 6) is -0.420. The summed E-state index contributed by atoms with van der Waals surface area (Å²) in [6.45, 7) is 0. The lowest BCUT2D eigenvalue weighted by molar-refractivity contribution is 0.619. The predicted molar refractivity (Wildman–Crippen MR) is 71.2 cm³/mol. The molecule has 0 aliphatic rings. The van der Waals surface area contributed by atoms with Gasteiger partial charge in [-0.15, -0.1) is 0 Å². The van der Waals surface area contributed by atoms with Crippen LogP contribution in [0.3, 0.4) is 0 Å². The monoisotopic (exact) mass is 279 g/mol. The van der Waals surface area contributed by atoms with Crippen molar-refractivity contribution in [2.45, 2.75) is 0 Å². The van der Waals surface area contributed by atoms with Crippen LogP contribution in [0.2, 0.25) is 5.02 Å². The van der Waals surface area contributed by atoms with Gasteiger partial charge in [0.2, 0.25) is 0 Å². The molecule has 6 heteroatoms. The van der Waals surface area contributed by atoms with E-state index in [1.165, 1.54) is 6.07 Å². The topological polar surface area (TPSA) is 33.6 Å². The smallest absolute Gasteiger partial charge is 0.182 e. The summed E-state index contributed by atoms with van der Waals surface area (Å²) >= 11 is 11.3. The van der Waals surface area contributed by atoms with Crippen LogP contribution in [0.25, 0.3) is 16.7 Å². The number of nitrogens with one attached hydrogen (secondary N) is 1. The lowest BCUT2D eigenvalue weighted by Gasteiger charge is -2.07. The number of halogens is 2. The molecule has 3 rings (SSSR count). The predicted octanol–water partition coefficient (Wildman–Crippen LogP) is 3.88. The van der Waals surface area contributed by atoms with Gasteiger partial charge in [-0.05, 0) is 30.4 Å². The Labute approximate surface area is 112 Å². The quantitative estimate of drug-likeness (QED) is 0.686. The van der Waals surface area contributed by atoms with Crippen molar-refractivity contribution in [2.24, 2.45) is 0 Å². The summed E-state index contributed by atoms with van der Waals surface area (Å²) in [6.07, 6.45) is 3.26. The number of para-hydroxylation sites is 1. The molecule has 0 amide bonds.